The summed E-state index contributed by atoms with van der Waals surface area (Å²) in [6.07, 6.45) is 8.31. The first-order valence-corrected chi connectivity index (χ1v) is 8.25. The number of allylic oxidation sites excluding steroid dienone is 1. The zero-order valence-corrected chi connectivity index (χ0v) is 13.9. The molecule has 0 spiro atoms. The van der Waals surface area contributed by atoms with Gasteiger partial charge in [-0.2, -0.15) is 0 Å². The van der Waals surface area contributed by atoms with Crippen LogP contribution in [0.1, 0.15) is 52.9 Å². The highest BCUT2D eigenvalue weighted by Gasteiger charge is 2.34. The molecule has 1 amide bonds. The molecular weight excluding hydrogens is 264 g/mol. The van der Waals surface area contributed by atoms with Gasteiger partial charge in [0, 0.05) is 19.1 Å². The average Bonchev–Trinajstić information content (AvgIpc) is 2.89. The van der Waals surface area contributed by atoms with E-state index < -0.39 is 5.60 Å². The molecule has 1 N–H and O–H groups in total. The molecule has 120 valence electrons. The Morgan fingerprint density at radius 2 is 2.19 bits per heavy atom. The van der Waals surface area contributed by atoms with Crippen LogP contribution in [-0.2, 0) is 4.74 Å². The van der Waals surface area contributed by atoms with Gasteiger partial charge in [0.2, 0.25) is 0 Å². The number of rotatable bonds is 3. The zero-order valence-electron chi connectivity index (χ0n) is 13.9. The van der Waals surface area contributed by atoms with E-state index in [0.717, 1.165) is 19.5 Å². The van der Waals surface area contributed by atoms with E-state index in [-0.39, 0.29) is 6.09 Å². The molecule has 0 aromatic rings. The molecule has 2 rings (SSSR count). The molecule has 1 heterocycles. The Labute approximate surface area is 128 Å². The monoisotopic (exact) mass is 294 g/mol. The van der Waals surface area contributed by atoms with E-state index in [9.17, 15) is 4.79 Å². The largest absolute Gasteiger partial charge is 0.444 e. The molecule has 0 aromatic heterocycles. The SMILES string of the molecule is CNC(C1=CCCCC1)C1CCN(C(=O)OC(C)(C)C)C1. The Hall–Kier alpha value is -1.03. The first-order chi connectivity index (χ1) is 9.90. The minimum absolute atomic E-state index is 0.169. The quantitative estimate of drug-likeness (QED) is 0.812. The lowest BCUT2D eigenvalue weighted by Gasteiger charge is -2.29. The summed E-state index contributed by atoms with van der Waals surface area (Å²) in [5.74, 6) is 0.506. The molecule has 0 radical (unpaired) electrons. The standard InChI is InChI=1S/C17H30N2O2/c1-17(2,3)21-16(20)19-11-10-14(12-19)15(18-4)13-8-6-5-7-9-13/h8,14-15,18H,5-7,9-12H2,1-4H3. The average molecular weight is 294 g/mol. The number of hydrogen-bond acceptors (Lipinski definition) is 3. The van der Waals surface area contributed by atoms with Crippen molar-refractivity contribution in [2.24, 2.45) is 5.92 Å². The Bertz CT molecular complexity index is 398. The van der Waals surface area contributed by atoms with Gasteiger partial charge in [0.1, 0.15) is 5.60 Å². The number of hydrogen-bond donors (Lipinski definition) is 1. The van der Waals surface area contributed by atoms with Crippen LogP contribution in [-0.4, -0.2) is 42.8 Å². The number of ether oxygens (including phenoxy) is 1. The van der Waals surface area contributed by atoms with Gasteiger partial charge in [0.05, 0.1) is 0 Å². The number of nitrogens with zero attached hydrogens (tertiary/aromatic N) is 1. The summed E-state index contributed by atoms with van der Waals surface area (Å²) in [5, 5.41) is 3.47. The smallest absolute Gasteiger partial charge is 0.410 e. The lowest BCUT2D eigenvalue weighted by atomic mass is 9.86. The second-order valence-electron chi connectivity index (χ2n) is 7.27. The van der Waals surface area contributed by atoms with Crippen LogP contribution in [0.15, 0.2) is 11.6 Å². The maximum Gasteiger partial charge on any atom is 0.410 e. The minimum atomic E-state index is -0.413. The first kappa shape index (κ1) is 16.3. The Balaban J connectivity index is 1.94. The van der Waals surface area contributed by atoms with Crippen molar-refractivity contribution in [3.8, 4) is 0 Å². The van der Waals surface area contributed by atoms with Gasteiger partial charge in [0.25, 0.3) is 0 Å². The van der Waals surface area contributed by atoms with Crippen molar-refractivity contribution in [1.82, 2.24) is 10.2 Å². The van der Waals surface area contributed by atoms with Gasteiger partial charge >= 0.3 is 6.09 Å². The van der Waals surface area contributed by atoms with Crippen LogP contribution in [0.3, 0.4) is 0 Å². The van der Waals surface area contributed by atoms with Crippen LogP contribution in [0.4, 0.5) is 4.79 Å². The van der Waals surface area contributed by atoms with Crippen LogP contribution in [0.2, 0.25) is 0 Å². The molecule has 4 nitrogen and oxygen atoms in total. The highest BCUT2D eigenvalue weighted by molar-refractivity contribution is 5.68. The van der Waals surface area contributed by atoms with Gasteiger partial charge in [-0.25, -0.2) is 4.79 Å². The number of likely N-dealkylation sites (tertiary alicyclic amines) is 1. The van der Waals surface area contributed by atoms with Crippen LogP contribution in [0, 0.1) is 5.92 Å². The topological polar surface area (TPSA) is 41.6 Å². The van der Waals surface area contributed by atoms with Crippen LogP contribution >= 0.6 is 0 Å². The molecule has 2 unspecified atom stereocenters. The number of nitrogens with one attached hydrogen (secondary N) is 1. The summed E-state index contributed by atoms with van der Waals surface area (Å²) in [5.41, 5.74) is 1.13. The van der Waals surface area contributed by atoms with Gasteiger partial charge in [-0.1, -0.05) is 11.6 Å². The first-order valence-electron chi connectivity index (χ1n) is 8.25. The Morgan fingerprint density at radius 1 is 1.43 bits per heavy atom. The van der Waals surface area contributed by atoms with Crippen molar-refractivity contribution in [3.63, 3.8) is 0 Å². The number of amides is 1. The second-order valence-corrected chi connectivity index (χ2v) is 7.27. The van der Waals surface area contributed by atoms with E-state index in [1.54, 1.807) is 5.57 Å². The maximum absolute atomic E-state index is 12.2. The van der Waals surface area contributed by atoms with Crippen molar-refractivity contribution in [3.05, 3.63) is 11.6 Å². The third-order valence-corrected chi connectivity index (χ3v) is 4.38. The number of carbonyl (C=O) groups excluding carboxylic acids is 1. The summed E-state index contributed by atoms with van der Waals surface area (Å²) in [7, 11) is 2.04. The summed E-state index contributed by atoms with van der Waals surface area (Å²) in [6.45, 7) is 7.37. The molecule has 1 saturated heterocycles. The molecule has 1 aliphatic carbocycles. The molecule has 1 fully saturated rings. The van der Waals surface area contributed by atoms with E-state index in [1.807, 2.05) is 32.7 Å². The third-order valence-electron chi connectivity index (χ3n) is 4.38. The fourth-order valence-electron chi connectivity index (χ4n) is 3.42. The van der Waals surface area contributed by atoms with Crippen molar-refractivity contribution in [2.75, 3.05) is 20.1 Å². The molecule has 0 bridgehead atoms. The van der Waals surface area contributed by atoms with Crippen molar-refractivity contribution in [1.29, 1.82) is 0 Å². The normalized spacial score (nSPS) is 24.7. The van der Waals surface area contributed by atoms with Crippen LogP contribution < -0.4 is 5.32 Å². The van der Waals surface area contributed by atoms with Gasteiger partial charge < -0.3 is 15.0 Å². The van der Waals surface area contributed by atoms with E-state index in [0.29, 0.717) is 12.0 Å². The molecule has 2 aliphatic rings. The molecule has 0 aromatic carbocycles. The molecular formula is C17H30N2O2. The third kappa shape index (κ3) is 4.47. The Morgan fingerprint density at radius 3 is 2.76 bits per heavy atom. The van der Waals surface area contributed by atoms with E-state index in [2.05, 4.69) is 11.4 Å². The van der Waals surface area contributed by atoms with E-state index in [4.69, 9.17) is 4.74 Å². The summed E-state index contributed by atoms with van der Waals surface area (Å²) >= 11 is 0. The van der Waals surface area contributed by atoms with E-state index >= 15 is 0 Å². The highest BCUT2D eigenvalue weighted by Crippen LogP contribution is 2.29. The van der Waals surface area contributed by atoms with Crippen LogP contribution in [0.25, 0.3) is 0 Å². The molecule has 4 heteroatoms. The predicted octanol–water partition coefficient (Wildman–Crippen LogP) is 3.33. The maximum atomic E-state index is 12.2. The number of likely N-dealkylation sites (N-methyl/N-ethyl adjacent to an activating group) is 1. The lowest BCUT2D eigenvalue weighted by Crippen LogP contribution is -2.40. The molecule has 2 atom stereocenters. The van der Waals surface area contributed by atoms with Gasteiger partial charge in [-0.05, 0) is 65.8 Å². The summed E-state index contributed by atoms with van der Waals surface area (Å²) in [4.78, 5) is 14.0. The highest BCUT2D eigenvalue weighted by atomic mass is 16.6. The molecule has 0 saturated carbocycles. The van der Waals surface area contributed by atoms with Crippen molar-refractivity contribution < 1.29 is 9.53 Å². The predicted molar refractivity (Wildman–Crippen MR) is 85.3 cm³/mol. The van der Waals surface area contributed by atoms with Gasteiger partial charge in [-0.15, -0.1) is 0 Å². The van der Waals surface area contributed by atoms with E-state index in [1.165, 1.54) is 25.7 Å². The second kappa shape index (κ2) is 6.82. The fraction of sp³-hybridized carbons (Fsp3) is 0.824. The fourth-order valence-corrected chi connectivity index (χ4v) is 3.42. The van der Waals surface area contributed by atoms with Gasteiger partial charge in [-0.3, -0.25) is 0 Å². The van der Waals surface area contributed by atoms with Crippen molar-refractivity contribution in [2.45, 2.75) is 64.5 Å². The van der Waals surface area contributed by atoms with Gasteiger partial charge in [0.15, 0.2) is 0 Å². The Kier molecular flexibility index (Phi) is 5.31. The molecule has 1 aliphatic heterocycles. The van der Waals surface area contributed by atoms with Crippen LogP contribution in [0.5, 0.6) is 0 Å². The lowest BCUT2D eigenvalue weighted by molar-refractivity contribution is 0.0286. The number of carbonyl (C=O) groups is 1. The zero-order chi connectivity index (χ0) is 15.5. The minimum Gasteiger partial charge on any atom is -0.444 e. The molecule has 21 heavy (non-hydrogen) atoms. The summed E-state index contributed by atoms with van der Waals surface area (Å²) < 4.78 is 5.48. The van der Waals surface area contributed by atoms with Crippen molar-refractivity contribution >= 4 is 6.09 Å². The summed E-state index contributed by atoms with van der Waals surface area (Å²) in [6, 6.07) is 0.415.